The van der Waals surface area contributed by atoms with Crippen LogP contribution in [-0.4, -0.2) is 6.43 Å². The Hall–Kier alpha value is -0.0600. The van der Waals surface area contributed by atoms with E-state index in [-0.39, 0.29) is 0 Å². The van der Waals surface area contributed by atoms with Crippen LogP contribution < -0.4 is 0 Å². The quantitative estimate of drug-likeness (QED) is 0.561. The molecule has 0 aliphatic rings. The highest BCUT2D eigenvalue weighted by molar-refractivity contribution is 9.11. The Morgan fingerprint density at radius 2 is 1.62 bits per heavy atom. The third-order valence-corrected chi connectivity index (χ3v) is 0.751. The number of hydrogen-bond acceptors (Lipinski definition) is 0. The van der Waals surface area contributed by atoms with Crippen molar-refractivity contribution in [2.45, 2.75) is 6.43 Å². The predicted octanol–water partition coefficient (Wildman–Crippen LogP) is 2.75. The summed E-state index contributed by atoms with van der Waals surface area (Å²) in [5, 5.41) is 0. The van der Waals surface area contributed by atoms with Gasteiger partial charge in [-0.2, -0.15) is 4.39 Å². The number of allylic oxidation sites excluding steroid dienone is 1. The molecule has 5 heteroatoms. The largest absolute Gasteiger partial charge is 0.292 e. The van der Waals surface area contributed by atoms with Crippen LogP contribution in [0.3, 0.4) is 0 Å². The van der Waals surface area contributed by atoms with Gasteiger partial charge in [-0.1, -0.05) is 0 Å². The minimum atomic E-state index is -3.37. The lowest BCUT2D eigenvalue weighted by Crippen LogP contribution is -1.89. The Morgan fingerprint density at radius 1 is 1.25 bits per heavy atom. The Labute approximate surface area is 51.3 Å². The van der Waals surface area contributed by atoms with Crippen LogP contribution in [0.4, 0.5) is 17.6 Å². The van der Waals surface area contributed by atoms with Gasteiger partial charge in [0.05, 0.1) is 0 Å². The van der Waals surface area contributed by atoms with Crippen LogP contribution in [-0.2, 0) is 0 Å². The number of alkyl halides is 2. The van der Waals surface area contributed by atoms with Gasteiger partial charge >= 0.3 is 0 Å². The van der Waals surface area contributed by atoms with E-state index in [1.165, 1.54) is 0 Å². The van der Waals surface area contributed by atoms with E-state index >= 15 is 0 Å². The first-order chi connectivity index (χ1) is 3.55. The molecule has 0 aromatic heterocycles. The van der Waals surface area contributed by atoms with Crippen LogP contribution in [0.15, 0.2) is 10.6 Å². The molecule has 0 saturated carbocycles. The molecule has 0 bridgehead atoms. The second kappa shape index (κ2) is 3.06. The zero-order valence-corrected chi connectivity index (χ0v) is 5.05. The van der Waals surface area contributed by atoms with Crippen molar-refractivity contribution < 1.29 is 17.6 Å². The van der Waals surface area contributed by atoms with Crippen molar-refractivity contribution in [2.75, 3.05) is 0 Å². The molecule has 0 unspecified atom stereocenters. The first-order valence-corrected chi connectivity index (χ1v) is 2.34. The summed E-state index contributed by atoms with van der Waals surface area (Å²) in [5.74, 6) is -2.06. The molecule has 8 heavy (non-hydrogen) atoms. The average Bonchev–Trinajstić information content (AvgIpc) is 1.64. The molecular formula is C3HBrF4. The second-order valence-electron chi connectivity index (χ2n) is 0.909. The first kappa shape index (κ1) is 7.94. The normalized spacial score (nSPS) is 14.2. The molecule has 0 nitrogen and oxygen atoms in total. The summed E-state index contributed by atoms with van der Waals surface area (Å²) < 4.78 is 42.9. The zero-order chi connectivity index (χ0) is 6.73. The Kier molecular flexibility index (Phi) is 3.04. The fourth-order valence-corrected chi connectivity index (χ4v) is 0.256. The topological polar surface area (TPSA) is 0 Å². The lowest BCUT2D eigenvalue weighted by molar-refractivity contribution is 0.155. The van der Waals surface area contributed by atoms with Gasteiger partial charge in [0.25, 0.3) is 6.43 Å². The second-order valence-corrected chi connectivity index (χ2v) is 1.61. The van der Waals surface area contributed by atoms with E-state index in [0.717, 1.165) is 0 Å². The van der Waals surface area contributed by atoms with Gasteiger partial charge in [0, 0.05) is 0 Å². The maximum atomic E-state index is 11.4. The van der Waals surface area contributed by atoms with Crippen LogP contribution in [0.25, 0.3) is 0 Å². The summed E-state index contributed by atoms with van der Waals surface area (Å²) in [7, 11) is 0. The molecule has 0 N–H and O–H groups in total. The first-order valence-electron chi connectivity index (χ1n) is 1.54. The summed E-state index contributed by atoms with van der Waals surface area (Å²) in [6.07, 6.45) is -3.37. The lowest BCUT2D eigenvalue weighted by atomic mass is 10.6. The van der Waals surface area contributed by atoms with Crippen LogP contribution in [0.5, 0.6) is 0 Å². The monoisotopic (exact) mass is 192 g/mol. The van der Waals surface area contributed by atoms with Crippen molar-refractivity contribution in [3.63, 3.8) is 0 Å². The Morgan fingerprint density at radius 3 is 1.62 bits per heavy atom. The maximum absolute atomic E-state index is 11.4. The number of rotatable bonds is 1. The highest BCUT2D eigenvalue weighted by atomic mass is 79.9. The molecule has 0 fully saturated rings. The molecule has 0 amide bonds. The Bertz CT molecular complexity index is 104. The molecule has 0 aromatic carbocycles. The number of hydrogen-bond donors (Lipinski definition) is 0. The van der Waals surface area contributed by atoms with Crippen LogP contribution in [0.1, 0.15) is 0 Å². The van der Waals surface area contributed by atoms with Gasteiger partial charge in [-0.05, 0) is 15.9 Å². The van der Waals surface area contributed by atoms with Gasteiger partial charge in [-0.25, -0.2) is 13.2 Å². The SMILES string of the molecule is F/C(Br)=C(\F)C(F)F. The van der Waals surface area contributed by atoms with Crippen molar-refractivity contribution in [2.24, 2.45) is 0 Å². The van der Waals surface area contributed by atoms with Gasteiger partial charge in [-0.15, -0.1) is 0 Å². The van der Waals surface area contributed by atoms with E-state index in [4.69, 9.17) is 0 Å². The molecule has 0 spiro atoms. The molecule has 0 atom stereocenters. The summed E-state index contributed by atoms with van der Waals surface area (Å²) >= 11 is 1.90. The molecule has 0 heterocycles. The van der Waals surface area contributed by atoms with Gasteiger partial charge in [0.2, 0.25) is 10.6 Å². The van der Waals surface area contributed by atoms with Crippen molar-refractivity contribution in [3.05, 3.63) is 10.6 Å². The van der Waals surface area contributed by atoms with Gasteiger partial charge < -0.3 is 0 Å². The van der Waals surface area contributed by atoms with Gasteiger partial charge in [-0.3, -0.25) is 0 Å². The number of halogens is 5. The highest BCUT2D eigenvalue weighted by Crippen LogP contribution is 2.20. The van der Waals surface area contributed by atoms with E-state index in [2.05, 4.69) is 0 Å². The van der Waals surface area contributed by atoms with Crippen LogP contribution in [0, 0.1) is 0 Å². The van der Waals surface area contributed by atoms with Crippen molar-refractivity contribution in [1.82, 2.24) is 0 Å². The molecule has 0 aliphatic heterocycles. The molecule has 0 radical (unpaired) electrons. The zero-order valence-electron chi connectivity index (χ0n) is 3.47. The van der Waals surface area contributed by atoms with Crippen molar-refractivity contribution in [1.29, 1.82) is 0 Å². The van der Waals surface area contributed by atoms with E-state index in [0.29, 0.717) is 0 Å². The molecule has 0 aromatic rings. The van der Waals surface area contributed by atoms with E-state index in [1.54, 1.807) is 0 Å². The van der Waals surface area contributed by atoms with Gasteiger partial charge in [0.15, 0.2) is 0 Å². The standard InChI is InChI=1S/C3HBrF4/c4-2(6)1(5)3(7)8/h3H/b2-1-. The van der Waals surface area contributed by atoms with Gasteiger partial charge in [0.1, 0.15) is 0 Å². The van der Waals surface area contributed by atoms with Crippen LogP contribution in [0.2, 0.25) is 0 Å². The minimum Gasteiger partial charge on any atom is -0.202 e. The maximum Gasteiger partial charge on any atom is 0.292 e. The molecule has 0 rings (SSSR count). The molecule has 48 valence electrons. The smallest absolute Gasteiger partial charge is 0.202 e. The summed E-state index contributed by atoms with van der Waals surface area (Å²) in [4.78, 5) is 0. The lowest BCUT2D eigenvalue weighted by Gasteiger charge is -1.89. The summed E-state index contributed by atoms with van der Waals surface area (Å²) in [6.45, 7) is 0. The van der Waals surface area contributed by atoms with Crippen LogP contribution >= 0.6 is 15.9 Å². The van der Waals surface area contributed by atoms with E-state index in [9.17, 15) is 17.6 Å². The minimum absolute atomic E-state index is 1.65. The fraction of sp³-hybridized carbons (Fsp3) is 0.333. The third-order valence-electron chi connectivity index (χ3n) is 0.372. The predicted molar refractivity (Wildman–Crippen MR) is 24.2 cm³/mol. The summed E-state index contributed by atoms with van der Waals surface area (Å²) in [5.41, 5.74) is 0. The highest BCUT2D eigenvalue weighted by Gasteiger charge is 2.14. The molecular weight excluding hydrogens is 192 g/mol. The Balaban J connectivity index is 4.00. The average molecular weight is 193 g/mol. The van der Waals surface area contributed by atoms with E-state index < -0.39 is 17.0 Å². The van der Waals surface area contributed by atoms with Crippen molar-refractivity contribution >= 4 is 15.9 Å². The van der Waals surface area contributed by atoms with E-state index in [1.807, 2.05) is 15.9 Å². The van der Waals surface area contributed by atoms with Crippen molar-refractivity contribution in [3.8, 4) is 0 Å². The molecule has 0 aliphatic carbocycles. The third kappa shape index (κ3) is 2.30. The molecule has 0 saturated heterocycles. The summed E-state index contributed by atoms with van der Waals surface area (Å²) in [6, 6.07) is 0. The fourth-order valence-electron chi connectivity index (χ4n) is 0.0825.